The Morgan fingerprint density at radius 3 is 2.53 bits per heavy atom. The number of sulfonamides is 1. The molecule has 178 valence electrons. The average Bonchev–Trinajstić information content (AvgIpc) is 3.54. The van der Waals surface area contributed by atoms with Gasteiger partial charge in [0.15, 0.2) is 0 Å². The highest BCUT2D eigenvalue weighted by atomic mass is 32.2. The third-order valence-electron chi connectivity index (χ3n) is 6.45. The molecule has 2 aromatic carbocycles. The van der Waals surface area contributed by atoms with Crippen LogP contribution in [0.4, 0.5) is 5.69 Å². The molecule has 3 aromatic rings. The largest absolute Gasteiger partial charge is 0.496 e. The second kappa shape index (κ2) is 9.40. The summed E-state index contributed by atoms with van der Waals surface area (Å²) in [6.45, 7) is 3.99. The standard InChI is InChI=1S/C25H27N3O4S2/c1-32-24-9-8-21(34(30,31)28-11-10-19-5-2-3-7-23(19)28)17-22(24)25(29)27-14-12-26(13-15-27)18-20-6-4-16-33-20/h2-9,16-17H,10-15,18H2,1H3. The average molecular weight is 498 g/mol. The smallest absolute Gasteiger partial charge is 0.264 e. The van der Waals surface area contributed by atoms with Crippen molar-refractivity contribution in [2.24, 2.45) is 0 Å². The number of rotatable bonds is 6. The molecule has 0 unspecified atom stereocenters. The number of hydrogen-bond donors (Lipinski definition) is 0. The summed E-state index contributed by atoms with van der Waals surface area (Å²) in [6.07, 6.45) is 0.674. The van der Waals surface area contributed by atoms with E-state index in [2.05, 4.69) is 16.3 Å². The van der Waals surface area contributed by atoms with E-state index in [1.165, 1.54) is 28.4 Å². The van der Waals surface area contributed by atoms with Crippen molar-refractivity contribution in [1.29, 1.82) is 0 Å². The monoisotopic (exact) mass is 497 g/mol. The van der Waals surface area contributed by atoms with Crippen LogP contribution >= 0.6 is 11.3 Å². The highest BCUT2D eigenvalue weighted by Crippen LogP contribution is 2.34. The maximum atomic E-state index is 13.5. The molecule has 1 fully saturated rings. The zero-order valence-corrected chi connectivity index (χ0v) is 20.6. The van der Waals surface area contributed by atoms with Crippen molar-refractivity contribution >= 4 is 33.0 Å². The van der Waals surface area contributed by atoms with Crippen molar-refractivity contribution in [1.82, 2.24) is 9.80 Å². The first-order chi connectivity index (χ1) is 16.5. The quantitative estimate of drug-likeness (QED) is 0.522. The maximum Gasteiger partial charge on any atom is 0.264 e. The Balaban J connectivity index is 1.36. The summed E-state index contributed by atoms with van der Waals surface area (Å²) in [5.41, 5.74) is 1.99. The van der Waals surface area contributed by atoms with Gasteiger partial charge in [-0.2, -0.15) is 0 Å². The summed E-state index contributed by atoms with van der Waals surface area (Å²) in [6, 6.07) is 16.3. The van der Waals surface area contributed by atoms with E-state index in [0.29, 0.717) is 37.5 Å². The first-order valence-corrected chi connectivity index (χ1v) is 13.6. The highest BCUT2D eigenvalue weighted by Gasteiger charge is 2.32. The Hall–Kier alpha value is -2.88. The number of carbonyl (C=O) groups excluding carboxylic acids is 1. The number of amides is 1. The van der Waals surface area contributed by atoms with Crippen molar-refractivity contribution in [3.63, 3.8) is 0 Å². The van der Waals surface area contributed by atoms with E-state index in [-0.39, 0.29) is 16.4 Å². The lowest BCUT2D eigenvalue weighted by Crippen LogP contribution is -2.48. The normalized spacial score (nSPS) is 16.5. The Labute approximate surface area is 204 Å². The second-order valence-corrected chi connectivity index (χ2v) is 11.4. The number of piperazine rings is 1. The number of nitrogens with zero attached hydrogens (tertiary/aromatic N) is 3. The van der Waals surface area contributed by atoms with E-state index >= 15 is 0 Å². The number of ether oxygens (including phenoxy) is 1. The van der Waals surface area contributed by atoms with Crippen LogP contribution in [-0.2, 0) is 23.0 Å². The van der Waals surface area contributed by atoms with Crippen molar-refractivity contribution in [3.8, 4) is 5.75 Å². The van der Waals surface area contributed by atoms with Gasteiger partial charge < -0.3 is 9.64 Å². The zero-order valence-electron chi connectivity index (χ0n) is 19.0. The highest BCUT2D eigenvalue weighted by molar-refractivity contribution is 7.92. The van der Waals surface area contributed by atoms with Gasteiger partial charge in [-0.1, -0.05) is 24.3 Å². The third kappa shape index (κ3) is 4.31. The van der Waals surface area contributed by atoms with E-state index in [0.717, 1.165) is 25.2 Å². The van der Waals surface area contributed by atoms with Gasteiger partial charge in [-0.3, -0.25) is 14.0 Å². The molecule has 0 radical (unpaired) electrons. The van der Waals surface area contributed by atoms with Gasteiger partial charge in [0.1, 0.15) is 5.75 Å². The molecule has 0 spiro atoms. The van der Waals surface area contributed by atoms with E-state index in [9.17, 15) is 13.2 Å². The molecule has 3 heterocycles. The van der Waals surface area contributed by atoms with Gasteiger partial charge in [-0.05, 0) is 47.7 Å². The van der Waals surface area contributed by atoms with Crippen LogP contribution in [0.15, 0.2) is 64.9 Å². The molecule has 0 saturated carbocycles. The topological polar surface area (TPSA) is 70.2 Å². The minimum Gasteiger partial charge on any atom is -0.496 e. The first-order valence-electron chi connectivity index (χ1n) is 11.3. The molecular formula is C25H27N3O4S2. The Morgan fingerprint density at radius 1 is 1.00 bits per heavy atom. The molecule has 0 N–H and O–H groups in total. The van der Waals surface area contributed by atoms with Crippen LogP contribution in [0, 0.1) is 0 Å². The van der Waals surface area contributed by atoms with Gasteiger partial charge >= 0.3 is 0 Å². The predicted molar refractivity (Wildman–Crippen MR) is 133 cm³/mol. The number of benzene rings is 2. The maximum absolute atomic E-state index is 13.5. The van der Waals surface area contributed by atoms with Crippen molar-refractivity contribution in [3.05, 3.63) is 76.0 Å². The molecule has 1 aromatic heterocycles. The van der Waals surface area contributed by atoms with Crippen LogP contribution in [0.25, 0.3) is 0 Å². The van der Waals surface area contributed by atoms with Crippen LogP contribution in [-0.4, -0.2) is 64.0 Å². The SMILES string of the molecule is COc1ccc(S(=O)(=O)N2CCc3ccccc32)cc1C(=O)N1CCN(Cc2cccs2)CC1. The predicted octanol–water partition coefficient (Wildman–Crippen LogP) is 3.47. The number of anilines is 1. The van der Waals surface area contributed by atoms with Gasteiger partial charge in [-0.15, -0.1) is 11.3 Å². The molecule has 0 bridgehead atoms. The number of carbonyl (C=O) groups is 1. The van der Waals surface area contributed by atoms with Gasteiger partial charge in [0.2, 0.25) is 0 Å². The van der Waals surface area contributed by atoms with Crippen LogP contribution in [0.2, 0.25) is 0 Å². The van der Waals surface area contributed by atoms with E-state index < -0.39 is 10.0 Å². The van der Waals surface area contributed by atoms with Crippen molar-refractivity contribution in [2.45, 2.75) is 17.9 Å². The number of hydrogen-bond acceptors (Lipinski definition) is 6. The lowest BCUT2D eigenvalue weighted by molar-refractivity contribution is 0.0626. The molecular weight excluding hydrogens is 470 g/mol. The van der Waals surface area contributed by atoms with Crippen molar-refractivity contribution in [2.75, 3.05) is 44.1 Å². The number of fused-ring (bicyclic) bond motifs is 1. The molecule has 1 amide bonds. The zero-order chi connectivity index (χ0) is 23.7. The molecule has 1 saturated heterocycles. The van der Waals surface area contributed by atoms with Crippen LogP contribution in [0.3, 0.4) is 0 Å². The third-order valence-corrected chi connectivity index (χ3v) is 9.12. The first kappa shape index (κ1) is 22.9. The molecule has 34 heavy (non-hydrogen) atoms. The lowest BCUT2D eigenvalue weighted by atomic mass is 10.1. The molecule has 9 heteroatoms. The minimum absolute atomic E-state index is 0.102. The summed E-state index contributed by atoms with van der Waals surface area (Å²) in [5.74, 6) is 0.179. The Kier molecular flexibility index (Phi) is 6.33. The molecule has 0 aliphatic carbocycles. The van der Waals surface area contributed by atoms with Gasteiger partial charge in [0.25, 0.3) is 15.9 Å². The minimum atomic E-state index is -3.80. The molecule has 0 atom stereocenters. The summed E-state index contributed by atoms with van der Waals surface area (Å²) >= 11 is 1.74. The summed E-state index contributed by atoms with van der Waals surface area (Å²) in [5, 5.41) is 2.07. The summed E-state index contributed by atoms with van der Waals surface area (Å²) in [7, 11) is -2.31. The Bertz CT molecular complexity index is 1280. The molecule has 7 nitrogen and oxygen atoms in total. The number of thiophene rings is 1. The van der Waals surface area contributed by atoms with Gasteiger partial charge in [0, 0.05) is 44.1 Å². The number of para-hydroxylation sites is 1. The molecule has 5 rings (SSSR count). The fourth-order valence-corrected chi connectivity index (χ4v) is 6.88. The second-order valence-electron chi connectivity index (χ2n) is 8.47. The van der Waals surface area contributed by atoms with Gasteiger partial charge in [0.05, 0.1) is 23.3 Å². The number of methoxy groups -OCH3 is 1. The summed E-state index contributed by atoms with van der Waals surface area (Å²) < 4.78 is 33.9. The van der Waals surface area contributed by atoms with Crippen molar-refractivity contribution < 1.29 is 17.9 Å². The van der Waals surface area contributed by atoms with Crippen LogP contribution in [0.5, 0.6) is 5.75 Å². The van der Waals surface area contributed by atoms with Gasteiger partial charge in [-0.25, -0.2) is 8.42 Å². The van der Waals surface area contributed by atoms with Crippen LogP contribution in [0.1, 0.15) is 20.8 Å². The fourth-order valence-electron chi connectivity index (χ4n) is 4.60. The van der Waals surface area contributed by atoms with E-state index in [1.807, 2.05) is 30.3 Å². The van der Waals surface area contributed by atoms with E-state index in [4.69, 9.17) is 4.74 Å². The lowest BCUT2D eigenvalue weighted by Gasteiger charge is -2.34. The fraction of sp³-hybridized carbons (Fsp3) is 0.320. The van der Waals surface area contributed by atoms with E-state index in [1.54, 1.807) is 22.3 Å². The molecule has 2 aliphatic heterocycles. The van der Waals surface area contributed by atoms with Crippen LogP contribution < -0.4 is 9.04 Å². The summed E-state index contributed by atoms with van der Waals surface area (Å²) in [4.78, 5) is 18.9. The Morgan fingerprint density at radius 2 is 1.79 bits per heavy atom. The molecule has 2 aliphatic rings.